The largest absolute Gasteiger partial charge is 0.508 e. The van der Waals surface area contributed by atoms with Crippen molar-refractivity contribution >= 4 is 22.6 Å². The highest BCUT2D eigenvalue weighted by Crippen LogP contribution is 2.60. The molecule has 49 heavy (non-hydrogen) atoms. The second-order valence-corrected chi connectivity index (χ2v) is 13.3. The molecule has 1 N–H and O–H groups in total. The van der Waals surface area contributed by atoms with Gasteiger partial charge in [-0.2, -0.15) is 0 Å². The quantitative estimate of drug-likeness (QED) is 0.306. The highest BCUT2D eigenvalue weighted by Gasteiger charge is 2.60. The van der Waals surface area contributed by atoms with E-state index in [2.05, 4.69) is 4.98 Å². The summed E-state index contributed by atoms with van der Waals surface area (Å²) in [6.07, 6.45) is 2.02. The van der Waals surface area contributed by atoms with Gasteiger partial charge in [-0.1, -0.05) is 25.1 Å². The number of fused-ring (bicyclic) bond motifs is 5. The minimum Gasteiger partial charge on any atom is -0.508 e. The Hall–Kier alpha value is -5.46. The van der Waals surface area contributed by atoms with E-state index >= 15 is 0 Å². The topological polar surface area (TPSA) is 157 Å². The molecule has 0 amide bonds. The first-order chi connectivity index (χ1) is 23.3. The van der Waals surface area contributed by atoms with Crippen molar-refractivity contribution < 1.29 is 24.2 Å². The fraction of sp³-hybridized carbons (Fsp3) is 0.389. The Kier molecular flexibility index (Phi) is 7.41. The number of Topliss-reactive ketones (excluding diaryl/α,β-unsaturated/α-hetero) is 2. The van der Waals surface area contributed by atoms with Gasteiger partial charge in [-0.3, -0.25) is 14.4 Å². The van der Waals surface area contributed by atoms with Crippen LogP contribution in [-0.2, 0) is 36.1 Å². The second kappa shape index (κ2) is 11.3. The summed E-state index contributed by atoms with van der Waals surface area (Å²) in [7, 11) is 4.61. The third-order valence-electron chi connectivity index (χ3n) is 10.9. The molecular formula is C36H37N5O8. The first kappa shape index (κ1) is 32.1. The van der Waals surface area contributed by atoms with E-state index in [4.69, 9.17) is 9.47 Å². The van der Waals surface area contributed by atoms with Gasteiger partial charge in [0.15, 0.2) is 23.1 Å². The number of hydrogen-bond acceptors (Lipinski definition) is 9. The number of aryl methyl sites for hydroxylation is 2. The number of allylic oxidation sites excluding steroid dienone is 4. The van der Waals surface area contributed by atoms with Gasteiger partial charge in [-0.25, -0.2) is 28.5 Å². The molecule has 4 atom stereocenters. The van der Waals surface area contributed by atoms with E-state index in [9.17, 15) is 29.1 Å². The number of nitrogens with zero attached hydrogens (tertiary/aromatic N) is 5. The summed E-state index contributed by atoms with van der Waals surface area (Å²) in [6.45, 7) is 5.09. The Bertz CT molecular complexity index is 2360. The fourth-order valence-corrected chi connectivity index (χ4v) is 8.25. The number of carbonyl (C=O) groups is 2. The molecule has 13 heteroatoms. The third kappa shape index (κ3) is 4.51. The summed E-state index contributed by atoms with van der Waals surface area (Å²) in [5.74, 6) is -0.810. The number of aromatic hydroxyl groups is 1. The summed E-state index contributed by atoms with van der Waals surface area (Å²) in [6, 6.07) is 9.26. The molecule has 3 aliphatic rings. The first-order valence-corrected chi connectivity index (χ1v) is 16.1. The molecule has 2 aliphatic carbocycles. The van der Waals surface area contributed by atoms with Crippen molar-refractivity contribution in [2.75, 3.05) is 14.2 Å². The van der Waals surface area contributed by atoms with Crippen LogP contribution in [0.15, 0.2) is 73.6 Å². The van der Waals surface area contributed by atoms with Gasteiger partial charge in [0.25, 0.3) is 5.56 Å². The highest BCUT2D eigenvalue weighted by atomic mass is 16.5. The third-order valence-corrected chi connectivity index (χ3v) is 10.9. The molecule has 0 saturated heterocycles. The van der Waals surface area contributed by atoms with E-state index < -0.39 is 34.7 Å². The smallest absolute Gasteiger partial charge is 0.347 e. The number of carbonyl (C=O) groups excluding carboxylic acids is 2. The molecule has 7 rings (SSSR count). The number of aromatic nitrogens is 5. The second-order valence-electron chi connectivity index (χ2n) is 13.3. The maximum atomic E-state index is 14.2. The number of hydrogen-bond donors (Lipinski definition) is 1. The Morgan fingerprint density at radius 3 is 2.39 bits per heavy atom. The van der Waals surface area contributed by atoms with Crippen molar-refractivity contribution in [1.29, 1.82) is 0 Å². The molecule has 0 bridgehead atoms. The number of phenolic OH excluding ortho intramolecular Hbond substituents is 1. The van der Waals surface area contributed by atoms with Gasteiger partial charge in [0.1, 0.15) is 11.4 Å². The van der Waals surface area contributed by atoms with Crippen molar-refractivity contribution in [2.24, 2.45) is 18.4 Å². The molecular weight excluding hydrogens is 630 g/mol. The predicted molar refractivity (Wildman–Crippen MR) is 179 cm³/mol. The highest BCUT2D eigenvalue weighted by molar-refractivity contribution is 6.15. The average molecular weight is 668 g/mol. The van der Waals surface area contributed by atoms with Gasteiger partial charge in [-0.05, 0) is 54.7 Å². The first-order valence-electron chi connectivity index (χ1n) is 16.1. The van der Waals surface area contributed by atoms with E-state index in [1.165, 1.54) is 34.2 Å². The molecule has 0 radical (unpaired) electrons. The van der Waals surface area contributed by atoms with E-state index in [1.807, 2.05) is 12.1 Å². The average Bonchev–Trinajstić information content (AvgIpc) is 3.34. The van der Waals surface area contributed by atoms with Crippen LogP contribution in [0.5, 0.6) is 17.2 Å². The van der Waals surface area contributed by atoms with Crippen LogP contribution < -0.4 is 26.4 Å². The molecule has 1 fully saturated rings. The van der Waals surface area contributed by atoms with Crippen LogP contribution >= 0.6 is 0 Å². The zero-order valence-corrected chi connectivity index (χ0v) is 28.1. The number of methoxy groups -OCH3 is 2. The minimum absolute atomic E-state index is 0.00391. The molecule has 13 nitrogen and oxygen atoms in total. The van der Waals surface area contributed by atoms with Crippen LogP contribution in [0.4, 0.5) is 0 Å². The van der Waals surface area contributed by atoms with Crippen LogP contribution in [0.25, 0.3) is 11.0 Å². The maximum Gasteiger partial charge on any atom is 0.347 e. The van der Waals surface area contributed by atoms with Gasteiger partial charge < -0.3 is 19.1 Å². The predicted octanol–water partition coefficient (Wildman–Crippen LogP) is 2.80. The summed E-state index contributed by atoms with van der Waals surface area (Å²) in [5.41, 5.74) is 0.706. The Balaban J connectivity index is 1.30. The molecule has 3 heterocycles. The van der Waals surface area contributed by atoms with E-state index in [0.29, 0.717) is 39.2 Å². The lowest BCUT2D eigenvalue weighted by Crippen LogP contribution is -2.55. The maximum absolute atomic E-state index is 14.2. The Morgan fingerprint density at radius 1 is 0.980 bits per heavy atom. The molecule has 1 saturated carbocycles. The standard InChI is InChI=1S/C36H37N5O8/c1-18-19(2)32(44)36(3)23(31(18)43)15-26-22(30(36)20-8-7-9-21(42)14-20)10-13-40-34(46)39(35(47)41(26)40)12-11-24-33(45)38(4)27-17-29(49-6)28(48-5)16-25(27)37-24/h7-10,14,16-17,23,26,30,42H,11-13,15H2,1-6H3/t23-,26+,30-,36+/m0/s1. The number of benzene rings is 2. The van der Waals surface area contributed by atoms with E-state index in [-0.39, 0.29) is 54.5 Å². The number of phenols is 1. The van der Waals surface area contributed by atoms with Gasteiger partial charge >= 0.3 is 11.4 Å². The summed E-state index contributed by atoms with van der Waals surface area (Å²) < 4.78 is 16.1. The van der Waals surface area contributed by atoms with E-state index in [0.717, 1.165) is 10.1 Å². The van der Waals surface area contributed by atoms with Crippen molar-refractivity contribution in [3.63, 3.8) is 0 Å². The molecule has 2 aromatic heterocycles. The lowest BCUT2D eigenvalue weighted by Gasteiger charge is -2.53. The van der Waals surface area contributed by atoms with Crippen LogP contribution in [0.2, 0.25) is 0 Å². The molecule has 0 spiro atoms. The zero-order valence-electron chi connectivity index (χ0n) is 28.1. The fourth-order valence-electron chi connectivity index (χ4n) is 8.25. The number of rotatable bonds is 6. The van der Waals surface area contributed by atoms with Crippen LogP contribution in [0.3, 0.4) is 0 Å². The van der Waals surface area contributed by atoms with Gasteiger partial charge in [0, 0.05) is 44.0 Å². The molecule has 4 aromatic rings. The Labute approximate surface area is 280 Å². The van der Waals surface area contributed by atoms with Gasteiger partial charge in [0.05, 0.1) is 43.3 Å². The Morgan fingerprint density at radius 2 is 1.69 bits per heavy atom. The molecule has 1 aliphatic heterocycles. The zero-order chi connectivity index (χ0) is 35.1. The lowest BCUT2D eigenvalue weighted by molar-refractivity contribution is -0.140. The van der Waals surface area contributed by atoms with Crippen LogP contribution in [0, 0.1) is 11.3 Å². The monoisotopic (exact) mass is 667 g/mol. The number of ketones is 2. The van der Waals surface area contributed by atoms with Crippen molar-refractivity contribution in [3.8, 4) is 17.2 Å². The van der Waals surface area contributed by atoms with Crippen LogP contribution in [0.1, 0.15) is 50.4 Å². The minimum atomic E-state index is -1.17. The van der Waals surface area contributed by atoms with Crippen molar-refractivity contribution in [2.45, 2.75) is 58.7 Å². The molecule has 2 aromatic carbocycles. The van der Waals surface area contributed by atoms with Crippen molar-refractivity contribution in [3.05, 3.63) is 102 Å². The summed E-state index contributed by atoms with van der Waals surface area (Å²) in [5, 5.41) is 10.4. The van der Waals surface area contributed by atoms with Gasteiger partial charge in [-0.15, -0.1) is 0 Å². The molecule has 254 valence electrons. The molecule has 0 unspecified atom stereocenters. The van der Waals surface area contributed by atoms with Crippen LogP contribution in [-0.4, -0.2) is 54.4 Å². The number of ether oxygens (including phenoxy) is 2. The van der Waals surface area contributed by atoms with Crippen molar-refractivity contribution in [1.82, 2.24) is 23.5 Å². The summed E-state index contributed by atoms with van der Waals surface area (Å²) >= 11 is 0. The van der Waals surface area contributed by atoms with E-state index in [1.54, 1.807) is 52.1 Å². The SMILES string of the molecule is COc1cc2nc(CCn3c(=O)n4n(c3=O)[C@@H]3C[C@H]5C(=O)C(C)=C(C)C(=O)[C@@]5(C)[C@@H](c5cccc(O)c5)C3=CC4)c(=O)n(C)c2cc1OC. The normalized spacial score (nSPS) is 23.2. The lowest BCUT2D eigenvalue weighted by atomic mass is 9.50. The summed E-state index contributed by atoms with van der Waals surface area (Å²) in [4.78, 5) is 73.9. The van der Waals surface area contributed by atoms with Gasteiger partial charge in [0.2, 0.25) is 0 Å².